The molecule has 2 rings (SSSR count). The van der Waals surface area contributed by atoms with Gasteiger partial charge >= 0.3 is 6.09 Å². The maximum atomic E-state index is 11.2. The van der Waals surface area contributed by atoms with Gasteiger partial charge in [0.1, 0.15) is 11.9 Å². The van der Waals surface area contributed by atoms with Crippen molar-refractivity contribution in [2.45, 2.75) is 26.9 Å². The molecule has 1 unspecified atom stereocenters. The molecule has 1 amide bonds. The molecule has 22 heavy (non-hydrogen) atoms. The van der Waals surface area contributed by atoms with Crippen LogP contribution in [0.25, 0.3) is 11.1 Å². The predicted molar refractivity (Wildman–Crippen MR) is 86.4 cm³/mol. The quantitative estimate of drug-likeness (QED) is 0.890. The number of carbonyl (C=O) groups is 1. The number of hydrogen-bond acceptors (Lipinski definition) is 3. The highest BCUT2D eigenvalue weighted by atomic mass is 16.6. The Morgan fingerprint density at radius 3 is 2.27 bits per heavy atom. The summed E-state index contributed by atoms with van der Waals surface area (Å²) in [4.78, 5) is 11.2. The average Bonchev–Trinajstić information content (AvgIpc) is 2.44. The van der Waals surface area contributed by atoms with Gasteiger partial charge in [-0.15, -0.1) is 0 Å². The second-order valence-corrected chi connectivity index (χ2v) is 6.36. The topological polar surface area (TPSA) is 72.5 Å². The number of nitrogens with two attached hydrogens (primary N) is 1. The highest BCUT2D eigenvalue weighted by molar-refractivity contribution is 5.67. The summed E-state index contributed by atoms with van der Waals surface area (Å²) >= 11 is 0. The van der Waals surface area contributed by atoms with Gasteiger partial charge in [0.2, 0.25) is 0 Å². The van der Waals surface area contributed by atoms with Crippen LogP contribution in [0.5, 0.6) is 5.75 Å². The Kier molecular flexibility index (Phi) is 4.40. The minimum atomic E-state index is -0.782. The van der Waals surface area contributed by atoms with E-state index in [0.717, 1.165) is 16.7 Å². The number of rotatable bonds is 3. The number of primary amides is 1. The molecule has 0 radical (unpaired) electrons. The van der Waals surface area contributed by atoms with Gasteiger partial charge in [-0.2, -0.15) is 0 Å². The lowest BCUT2D eigenvalue weighted by Crippen LogP contribution is -2.26. The molecule has 0 spiro atoms. The Hall–Kier alpha value is -2.49. The molecule has 0 saturated heterocycles. The van der Waals surface area contributed by atoms with Crippen LogP contribution < -0.4 is 5.73 Å². The van der Waals surface area contributed by atoms with Crippen molar-refractivity contribution in [2.24, 2.45) is 11.1 Å². The first-order valence-electron chi connectivity index (χ1n) is 7.13. The number of hydrogen-bond donors (Lipinski definition) is 2. The number of phenols is 1. The van der Waals surface area contributed by atoms with Crippen LogP contribution in [0.4, 0.5) is 4.79 Å². The monoisotopic (exact) mass is 299 g/mol. The fourth-order valence-corrected chi connectivity index (χ4v) is 2.40. The Balaban J connectivity index is 2.41. The summed E-state index contributed by atoms with van der Waals surface area (Å²) in [7, 11) is 0. The van der Waals surface area contributed by atoms with Crippen molar-refractivity contribution in [3.63, 3.8) is 0 Å². The summed E-state index contributed by atoms with van der Waals surface area (Å²) in [6.45, 7) is 5.98. The van der Waals surface area contributed by atoms with E-state index in [1.165, 1.54) is 0 Å². The average molecular weight is 299 g/mol. The van der Waals surface area contributed by atoms with Crippen molar-refractivity contribution in [3.05, 3.63) is 54.1 Å². The lowest BCUT2D eigenvalue weighted by Gasteiger charge is -2.30. The predicted octanol–water partition coefficient (Wildman–Crippen LogP) is 4.24. The van der Waals surface area contributed by atoms with Gasteiger partial charge < -0.3 is 15.6 Å². The normalized spacial score (nSPS) is 12.7. The van der Waals surface area contributed by atoms with E-state index in [4.69, 9.17) is 10.5 Å². The molecule has 4 heteroatoms. The van der Waals surface area contributed by atoms with Gasteiger partial charge in [-0.05, 0) is 34.9 Å². The maximum Gasteiger partial charge on any atom is 0.405 e. The zero-order valence-corrected chi connectivity index (χ0v) is 13.0. The maximum absolute atomic E-state index is 11.2. The Morgan fingerprint density at radius 2 is 1.73 bits per heavy atom. The molecular formula is C18H21NO3. The van der Waals surface area contributed by atoms with Gasteiger partial charge in [0.15, 0.2) is 0 Å². The SMILES string of the molecule is CC(C)(C)C(OC(N)=O)c1cccc(-c2ccc(O)cc2)c1. The van der Waals surface area contributed by atoms with Crippen molar-refractivity contribution in [2.75, 3.05) is 0 Å². The van der Waals surface area contributed by atoms with E-state index in [1.807, 2.05) is 57.2 Å². The van der Waals surface area contributed by atoms with Crippen LogP contribution in [0, 0.1) is 5.41 Å². The van der Waals surface area contributed by atoms with Crippen molar-refractivity contribution >= 4 is 6.09 Å². The zero-order chi connectivity index (χ0) is 16.3. The lowest BCUT2D eigenvalue weighted by atomic mass is 9.84. The molecule has 3 N–H and O–H groups in total. The van der Waals surface area contributed by atoms with Gasteiger partial charge in [0.05, 0.1) is 0 Å². The first-order valence-corrected chi connectivity index (χ1v) is 7.13. The molecule has 0 fully saturated rings. The summed E-state index contributed by atoms with van der Waals surface area (Å²) in [5.74, 6) is 0.226. The number of aromatic hydroxyl groups is 1. The largest absolute Gasteiger partial charge is 0.508 e. The van der Waals surface area contributed by atoms with Gasteiger partial charge in [-0.3, -0.25) is 0 Å². The van der Waals surface area contributed by atoms with Crippen molar-refractivity contribution in [1.82, 2.24) is 0 Å². The van der Waals surface area contributed by atoms with Crippen molar-refractivity contribution in [3.8, 4) is 16.9 Å². The fourth-order valence-electron chi connectivity index (χ4n) is 2.40. The Labute approximate surface area is 130 Å². The molecule has 0 aromatic heterocycles. The van der Waals surface area contributed by atoms with Crippen LogP contribution in [0.15, 0.2) is 48.5 Å². The highest BCUT2D eigenvalue weighted by Crippen LogP contribution is 2.37. The summed E-state index contributed by atoms with van der Waals surface area (Å²) in [5, 5.41) is 9.38. The number of phenolic OH excluding ortho intramolecular Hbond substituents is 1. The second kappa shape index (κ2) is 6.10. The number of carbonyl (C=O) groups excluding carboxylic acids is 1. The molecule has 0 bridgehead atoms. The molecule has 116 valence electrons. The minimum absolute atomic E-state index is 0.226. The van der Waals surface area contributed by atoms with Gasteiger partial charge in [-0.25, -0.2) is 4.79 Å². The van der Waals surface area contributed by atoms with Crippen LogP contribution in [-0.4, -0.2) is 11.2 Å². The van der Waals surface area contributed by atoms with Gasteiger partial charge in [0, 0.05) is 5.41 Å². The number of benzene rings is 2. The first kappa shape index (κ1) is 15.9. The van der Waals surface area contributed by atoms with E-state index < -0.39 is 12.2 Å². The number of amides is 1. The van der Waals surface area contributed by atoms with E-state index in [-0.39, 0.29) is 11.2 Å². The van der Waals surface area contributed by atoms with Gasteiger partial charge in [-0.1, -0.05) is 51.1 Å². The third kappa shape index (κ3) is 3.79. The van der Waals surface area contributed by atoms with E-state index in [1.54, 1.807) is 12.1 Å². The van der Waals surface area contributed by atoms with Crippen molar-refractivity contribution in [1.29, 1.82) is 0 Å². The molecule has 1 atom stereocenters. The molecule has 4 nitrogen and oxygen atoms in total. The molecule has 0 saturated carbocycles. The molecule has 0 aliphatic heterocycles. The minimum Gasteiger partial charge on any atom is -0.508 e. The van der Waals surface area contributed by atoms with Crippen LogP contribution in [-0.2, 0) is 4.74 Å². The molecule has 2 aromatic rings. The third-order valence-corrected chi connectivity index (χ3v) is 3.41. The molecule has 0 heterocycles. The summed E-state index contributed by atoms with van der Waals surface area (Å²) in [5.41, 5.74) is 7.78. The lowest BCUT2D eigenvalue weighted by molar-refractivity contribution is 0.0360. The first-order chi connectivity index (χ1) is 10.3. The van der Waals surface area contributed by atoms with E-state index >= 15 is 0 Å². The van der Waals surface area contributed by atoms with E-state index in [9.17, 15) is 9.90 Å². The third-order valence-electron chi connectivity index (χ3n) is 3.41. The van der Waals surface area contributed by atoms with E-state index in [2.05, 4.69) is 0 Å². The second-order valence-electron chi connectivity index (χ2n) is 6.36. The van der Waals surface area contributed by atoms with E-state index in [0.29, 0.717) is 0 Å². The summed E-state index contributed by atoms with van der Waals surface area (Å²) in [6.07, 6.45) is -1.21. The Bertz CT molecular complexity index is 657. The summed E-state index contributed by atoms with van der Waals surface area (Å²) < 4.78 is 5.31. The number of ether oxygens (including phenoxy) is 1. The highest BCUT2D eigenvalue weighted by Gasteiger charge is 2.29. The molecule has 2 aromatic carbocycles. The van der Waals surface area contributed by atoms with Crippen LogP contribution in [0.3, 0.4) is 0 Å². The summed E-state index contributed by atoms with van der Waals surface area (Å²) in [6, 6.07) is 14.8. The van der Waals surface area contributed by atoms with Crippen LogP contribution >= 0.6 is 0 Å². The molecule has 0 aliphatic rings. The van der Waals surface area contributed by atoms with Crippen LogP contribution in [0.2, 0.25) is 0 Å². The van der Waals surface area contributed by atoms with Crippen molar-refractivity contribution < 1.29 is 14.6 Å². The standard InChI is InChI=1S/C18H21NO3/c1-18(2,3)16(22-17(19)21)14-6-4-5-13(11-14)12-7-9-15(20)10-8-12/h4-11,16,20H,1-3H3,(H2,19,21). The van der Waals surface area contributed by atoms with Gasteiger partial charge in [0.25, 0.3) is 0 Å². The zero-order valence-electron chi connectivity index (χ0n) is 13.0. The Morgan fingerprint density at radius 1 is 1.09 bits per heavy atom. The molecule has 0 aliphatic carbocycles. The van der Waals surface area contributed by atoms with Crippen LogP contribution in [0.1, 0.15) is 32.4 Å². The molecular weight excluding hydrogens is 278 g/mol. The fraction of sp³-hybridized carbons (Fsp3) is 0.278. The smallest absolute Gasteiger partial charge is 0.405 e.